The van der Waals surface area contributed by atoms with Crippen molar-refractivity contribution in [1.29, 1.82) is 0 Å². The highest BCUT2D eigenvalue weighted by Gasteiger charge is 2.23. The third-order valence-electron chi connectivity index (χ3n) is 4.19. The number of hydrogen-bond donors (Lipinski definition) is 0. The lowest BCUT2D eigenvalue weighted by Crippen LogP contribution is -2.09. The summed E-state index contributed by atoms with van der Waals surface area (Å²) >= 11 is 0. The summed E-state index contributed by atoms with van der Waals surface area (Å²) in [7, 11) is 0. The first-order valence-electron chi connectivity index (χ1n) is 7.40. The minimum atomic E-state index is 0.416. The lowest BCUT2D eigenvalue weighted by Gasteiger charge is -2.07. The molecule has 1 aromatic heterocycles. The molecule has 104 valence electrons. The van der Waals surface area contributed by atoms with Crippen LogP contribution in [-0.4, -0.2) is 15.0 Å². The summed E-state index contributed by atoms with van der Waals surface area (Å²) in [6, 6.07) is 19.5. The summed E-state index contributed by atoms with van der Waals surface area (Å²) < 4.78 is 2.04. The van der Waals surface area contributed by atoms with Gasteiger partial charge >= 0.3 is 0 Å². The van der Waals surface area contributed by atoms with Gasteiger partial charge in [0.05, 0.1) is 11.7 Å². The number of rotatable bonds is 3. The molecule has 1 aliphatic rings. The second-order valence-corrected chi connectivity index (χ2v) is 5.68. The normalized spacial score (nSPS) is 14.3. The molecule has 2 aromatic carbocycles. The predicted octanol–water partition coefficient (Wildman–Crippen LogP) is 3.21. The number of nitrogens with zero attached hydrogens (tertiary/aromatic N) is 3. The summed E-state index contributed by atoms with van der Waals surface area (Å²) in [6.45, 7) is 0. The number of hydrogen-bond acceptors (Lipinski definition) is 2. The van der Waals surface area contributed by atoms with Crippen molar-refractivity contribution in [2.24, 2.45) is 0 Å². The Kier molecular flexibility index (Phi) is 3.03. The summed E-state index contributed by atoms with van der Waals surface area (Å²) in [5.74, 6) is 0. The molecule has 1 aliphatic carbocycles. The fraction of sp³-hybridized carbons (Fsp3) is 0.222. The fourth-order valence-corrected chi connectivity index (χ4v) is 3.10. The Balaban J connectivity index is 1.51. The largest absolute Gasteiger partial charge is 0.249 e. The highest BCUT2D eigenvalue weighted by Crippen LogP contribution is 2.29. The van der Waals surface area contributed by atoms with Crippen LogP contribution in [0.5, 0.6) is 0 Å². The first kappa shape index (κ1) is 12.3. The van der Waals surface area contributed by atoms with Crippen LogP contribution in [0, 0.1) is 0 Å². The Hall–Kier alpha value is -2.42. The van der Waals surface area contributed by atoms with E-state index in [9.17, 15) is 0 Å². The third kappa shape index (κ3) is 2.47. The highest BCUT2D eigenvalue weighted by atomic mass is 15.4. The zero-order chi connectivity index (χ0) is 14.1. The molecule has 3 aromatic rings. The second kappa shape index (κ2) is 5.17. The van der Waals surface area contributed by atoms with Crippen molar-refractivity contribution in [3.8, 4) is 0 Å². The molecule has 0 fully saturated rings. The number of benzene rings is 2. The Morgan fingerprint density at radius 2 is 1.57 bits per heavy atom. The van der Waals surface area contributed by atoms with Crippen molar-refractivity contribution in [2.45, 2.75) is 25.3 Å². The van der Waals surface area contributed by atoms with Crippen LogP contribution in [0.3, 0.4) is 0 Å². The molecular weight excluding hydrogens is 258 g/mol. The van der Waals surface area contributed by atoms with Crippen LogP contribution >= 0.6 is 0 Å². The molecule has 0 saturated heterocycles. The molecule has 0 amide bonds. The zero-order valence-corrected chi connectivity index (χ0v) is 11.8. The van der Waals surface area contributed by atoms with E-state index in [1.54, 1.807) is 0 Å². The van der Waals surface area contributed by atoms with E-state index in [-0.39, 0.29) is 0 Å². The lowest BCUT2D eigenvalue weighted by molar-refractivity contribution is 0.461. The summed E-state index contributed by atoms with van der Waals surface area (Å²) in [5, 5.41) is 8.68. The van der Waals surface area contributed by atoms with Gasteiger partial charge in [-0.3, -0.25) is 0 Å². The van der Waals surface area contributed by atoms with Crippen LogP contribution in [0.15, 0.2) is 60.8 Å². The van der Waals surface area contributed by atoms with Crippen molar-refractivity contribution < 1.29 is 0 Å². The Morgan fingerprint density at radius 3 is 2.29 bits per heavy atom. The monoisotopic (exact) mass is 275 g/mol. The zero-order valence-electron chi connectivity index (χ0n) is 11.8. The van der Waals surface area contributed by atoms with E-state index in [1.807, 2.05) is 10.7 Å². The van der Waals surface area contributed by atoms with Crippen LogP contribution in [0.25, 0.3) is 0 Å². The van der Waals surface area contributed by atoms with Gasteiger partial charge in [0.25, 0.3) is 0 Å². The molecule has 0 aliphatic heterocycles. The molecule has 21 heavy (non-hydrogen) atoms. The van der Waals surface area contributed by atoms with E-state index in [4.69, 9.17) is 0 Å². The van der Waals surface area contributed by atoms with Gasteiger partial charge in [-0.15, -0.1) is 5.10 Å². The SMILES string of the molecule is c1ccc(Cc2cn(C3Cc4ccccc4C3)nn2)cc1. The van der Waals surface area contributed by atoms with Gasteiger partial charge in [-0.25, -0.2) is 4.68 Å². The minimum Gasteiger partial charge on any atom is -0.249 e. The van der Waals surface area contributed by atoms with Crippen molar-refractivity contribution in [1.82, 2.24) is 15.0 Å². The van der Waals surface area contributed by atoms with Crippen molar-refractivity contribution in [3.05, 3.63) is 83.2 Å². The highest BCUT2D eigenvalue weighted by molar-refractivity contribution is 5.32. The maximum absolute atomic E-state index is 4.34. The van der Waals surface area contributed by atoms with Gasteiger partial charge in [0.15, 0.2) is 0 Å². The average Bonchev–Trinajstić information content (AvgIpc) is 3.14. The molecular formula is C18H17N3. The van der Waals surface area contributed by atoms with E-state index in [0.29, 0.717) is 6.04 Å². The van der Waals surface area contributed by atoms with Gasteiger partial charge in [0.2, 0.25) is 0 Å². The van der Waals surface area contributed by atoms with Gasteiger partial charge in [0.1, 0.15) is 0 Å². The van der Waals surface area contributed by atoms with Crippen LogP contribution in [0.4, 0.5) is 0 Å². The smallest absolute Gasteiger partial charge is 0.0870 e. The average molecular weight is 275 g/mol. The van der Waals surface area contributed by atoms with Crippen LogP contribution in [0.2, 0.25) is 0 Å². The lowest BCUT2D eigenvalue weighted by atomic mass is 10.1. The maximum atomic E-state index is 4.34. The van der Waals surface area contributed by atoms with Crippen molar-refractivity contribution in [2.75, 3.05) is 0 Å². The molecule has 0 N–H and O–H groups in total. The van der Waals surface area contributed by atoms with E-state index >= 15 is 0 Å². The fourth-order valence-electron chi connectivity index (χ4n) is 3.10. The third-order valence-corrected chi connectivity index (χ3v) is 4.19. The van der Waals surface area contributed by atoms with Crippen molar-refractivity contribution in [3.63, 3.8) is 0 Å². The minimum absolute atomic E-state index is 0.416. The Labute approximate surface area is 124 Å². The van der Waals surface area contributed by atoms with Crippen LogP contribution in [-0.2, 0) is 19.3 Å². The Bertz CT molecular complexity index is 721. The molecule has 1 heterocycles. The van der Waals surface area contributed by atoms with Crippen LogP contribution < -0.4 is 0 Å². The van der Waals surface area contributed by atoms with Crippen LogP contribution in [0.1, 0.15) is 28.4 Å². The molecule has 0 spiro atoms. The number of fused-ring (bicyclic) bond motifs is 1. The molecule has 0 radical (unpaired) electrons. The van der Waals surface area contributed by atoms with Gasteiger partial charge in [-0.2, -0.15) is 0 Å². The number of aromatic nitrogens is 3. The quantitative estimate of drug-likeness (QED) is 0.735. The summed E-state index contributed by atoms with van der Waals surface area (Å²) in [4.78, 5) is 0. The summed E-state index contributed by atoms with van der Waals surface area (Å²) in [5.41, 5.74) is 5.21. The molecule has 3 nitrogen and oxygen atoms in total. The maximum Gasteiger partial charge on any atom is 0.0870 e. The van der Waals surface area contributed by atoms with E-state index < -0.39 is 0 Å². The van der Waals surface area contributed by atoms with Gasteiger partial charge in [0, 0.05) is 12.6 Å². The van der Waals surface area contributed by atoms with E-state index in [2.05, 4.69) is 65.0 Å². The topological polar surface area (TPSA) is 30.7 Å². The molecule has 0 bridgehead atoms. The molecule has 0 unspecified atom stereocenters. The van der Waals surface area contributed by atoms with Gasteiger partial charge < -0.3 is 0 Å². The van der Waals surface area contributed by atoms with E-state index in [1.165, 1.54) is 16.7 Å². The second-order valence-electron chi connectivity index (χ2n) is 5.68. The first-order chi connectivity index (χ1) is 10.4. The first-order valence-corrected chi connectivity index (χ1v) is 7.40. The van der Waals surface area contributed by atoms with Gasteiger partial charge in [-0.1, -0.05) is 59.8 Å². The van der Waals surface area contributed by atoms with E-state index in [0.717, 1.165) is 25.0 Å². The summed E-state index contributed by atoms with van der Waals surface area (Å²) in [6.07, 6.45) is 5.07. The predicted molar refractivity (Wildman–Crippen MR) is 82.2 cm³/mol. The standard InChI is InChI=1S/C18H17N3/c1-2-6-14(7-3-1)10-17-13-21(20-19-17)18-11-15-8-4-5-9-16(15)12-18/h1-9,13,18H,10-12H2. The van der Waals surface area contributed by atoms with Gasteiger partial charge in [-0.05, 0) is 29.5 Å². The molecule has 0 atom stereocenters. The molecule has 3 heteroatoms. The Morgan fingerprint density at radius 1 is 0.905 bits per heavy atom. The molecule has 0 saturated carbocycles. The van der Waals surface area contributed by atoms with Crippen molar-refractivity contribution >= 4 is 0 Å². The molecule has 4 rings (SSSR count).